The maximum Gasteiger partial charge on any atom is 0.303 e. The third-order valence-electron chi connectivity index (χ3n) is 4.51. The lowest BCUT2D eigenvalue weighted by Gasteiger charge is -2.31. The molecule has 5 heteroatoms. The Morgan fingerprint density at radius 2 is 1.79 bits per heavy atom. The average molecular weight is 343 g/mol. The molecule has 126 valence electrons. The molecular formula is C19H21NO3S. The molecule has 1 amide bonds. The van der Waals surface area contributed by atoms with E-state index >= 15 is 0 Å². The van der Waals surface area contributed by atoms with Gasteiger partial charge in [0.15, 0.2) is 0 Å². The topological polar surface area (TPSA) is 57.6 Å². The van der Waals surface area contributed by atoms with Crippen molar-refractivity contribution in [3.63, 3.8) is 0 Å². The number of benzene rings is 2. The van der Waals surface area contributed by atoms with Gasteiger partial charge in [-0.25, -0.2) is 0 Å². The number of hydrogen-bond acceptors (Lipinski definition) is 3. The number of carbonyl (C=O) groups excluding carboxylic acids is 1. The van der Waals surface area contributed by atoms with E-state index in [1.807, 2.05) is 17.0 Å². The smallest absolute Gasteiger partial charge is 0.303 e. The van der Waals surface area contributed by atoms with E-state index < -0.39 is 5.97 Å². The van der Waals surface area contributed by atoms with Crippen LogP contribution in [-0.4, -0.2) is 40.7 Å². The number of carboxylic acids is 1. The number of carboxylic acid groups (broad SMARTS) is 1. The van der Waals surface area contributed by atoms with Gasteiger partial charge in [0.05, 0.1) is 5.75 Å². The van der Waals surface area contributed by atoms with Crippen LogP contribution < -0.4 is 0 Å². The highest BCUT2D eigenvalue weighted by Gasteiger charge is 2.24. The number of fused-ring (bicyclic) bond motifs is 1. The van der Waals surface area contributed by atoms with Gasteiger partial charge in [0.1, 0.15) is 0 Å². The second-order valence-corrected chi connectivity index (χ2v) is 7.27. The maximum atomic E-state index is 12.4. The largest absolute Gasteiger partial charge is 0.481 e. The van der Waals surface area contributed by atoms with E-state index in [4.69, 9.17) is 5.11 Å². The summed E-state index contributed by atoms with van der Waals surface area (Å²) < 4.78 is 0. The lowest BCUT2D eigenvalue weighted by molar-refractivity contribution is -0.138. The minimum atomic E-state index is -0.744. The third kappa shape index (κ3) is 4.29. The van der Waals surface area contributed by atoms with Crippen molar-refractivity contribution in [2.75, 3.05) is 18.8 Å². The van der Waals surface area contributed by atoms with Crippen molar-refractivity contribution in [2.24, 2.45) is 5.92 Å². The molecule has 3 rings (SSSR count). The number of piperidine rings is 1. The fourth-order valence-electron chi connectivity index (χ4n) is 3.13. The van der Waals surface area contributed by atoms with Gasteiger partial charge < -0.3 is 10.0 Å². The van der Waals surface area contributed by atoms with Crippen molar-refractivity contribution in [3.05, 3.63) is 42.5 Å². The lowest BCUT2D eigenvalue weighted by atomic mass is 9.94. The van der Waals surface area contributed by atoms with Crippen molar-refractivity contribution in [1.29, 1.82) is 0 Å². The average Bonchev–Trinajstić information content (AvgIpc) is 2.59. The second kappa shape index (κ2) is 7.71. The van der Waals surface area contributed by atoms with Gasteiger partial charge in [-0.15, -0.1) is 11.8 Å². The Labute approximate surface area is 145 Å². The van der Waals surface area contributed by atoms with E-state index in [1.165, 1.54) is 10.8 Å². The summed E-state index contributed by atoms with van der Waals surface area (Å²) in [6.45, 7) is 1.35. The SMILES string of the molecule is O=C(O)CC1CCN(C(=O)CSc2ccc3ccccc3c2)CC1. The van der Waals surface area contributed by atoms with Crippen LogP contribution in [0.1, 0.15) is 19.3 Å². The van der Waals surface area contributed by atoms with Crippen molar-refractivity contribution in [1.82, 2.24) is 4.90 Å². The summed E-state index contributed by atoms with van der Waals surface area (Å²) in [6.07, 6.45) is 1.80. The summed E-state index contributed by atoms with van der Waals surface area (Å²) in [7, 11) is 0. The van der Waals surface area contributed by atoms with Crippen molar-refractivity contribution in [3.8, 4) is 0 Å². The van der Waals surface area contributed by atoms with Crippen LogP contribution in [0, 0.1) is 5.92 Å². The molecule has 2 aromatic rings. The monoisotopic (exact) mass is 343 g/mol. The molecule has 0 aliphatic carbocycles. The van der Waals surface area contributed by atoms with Crippen LogP contribution in [0.25, 0.3) is 10.8 Å². The van der Waals surface area contributed by atoms with Crippen LogP contribution in [-0.2, 0) is 9.59 Å². The van der Waals surface area contributed by atoms with Gasteiger partial charge in [-0.2, -0.15) is 0 Å². The van der Waals surface area contributed by atoms with E-state index in [0.717, 1.165) is 17.7 Å². The first-order chi connectivity index (χ1) is 11.6. The third-order valence-corrected chi connectivity index (χ3v) is 5.49. The van der Waals surface area contributed by atoms with E-state index in [0.29, 0.717) is 18.8 Å². The van der Waals surface area contributed by atoms with E-state index in [1.54, 1.807) is 11.8 Å². The Kier molecular flexibility index (Phi) is 5.41. The van der Waals surface area contributed by atoms with Crippen LogP contribution in [0.4, 0.5) is 0 Å². The van der Waals surface area contributed by atoms with E-state index in [9.17, 15) is 9.59 Å². The van der Waals surface area contributed by atoms with Crippen LogP contribution in [0.15, 0.2) is 47.4 Å². The number of aliphatic carboxylic acids is 1. The fourth-order valence-corrected chi connectivity index (χ4v) is 3.97. The van der Waals surface area contributed by atoms with Gasteiger partial charge >= 0.3 is 5.97 Å². The number of carbonyl (C=O) groups is 2. The van der Waals surface area contributed by atoms with Gasteiger partial charge in [0.2, 0.25) is 5.91 Å². The highest BCUT2D eigenvalue weighted by Crippen LogP contribution is 2.25. The quantitative estimate of drug-likeness (QED) is 0.842. The van der Waals surface area contributed by atoms with Gasteiger partial charge in [-0.1, -0.05) is 30.3 Å². The summed E-state index contributed by atoms with van der Waals surface area (Å²) in [5.74, 6) is 0.0373. The summed E-state index contributed by atoms with van der Waals surface area (Å²) in [6, 6.07) is 14.5. The van der Waals surface area contributed by atoms with E-state index in [-0.39, 0.29) is 18.2 Å². The van der Waals surface area contributed by atoms with Crippen LogP contribution in [0.3, 0.4) is 0 Å². The molecule has 1 heterocycles. The molecular weight excluding hydrogens is 322 g/mol. The van der Waals surface area contributed by atoms with Crippen molar-refractivity contribution < 1.29 is 14.7 Å². The van der Waals surface area contributed by atoms with Crippen molar-refractivity contribution >= 4 is 34.4 Å². The zero-order chi connectivity index (χ0) is 16.9. The maximum absolute atomic E-state index is 12.4. The molecule has 1 aliphatic heterocycles. The molecule has 1 aliphatic rings. The van der Waals surface area contributed by atoms with Crippen LogP contribution in [0.5, 0.6) is 0 Å². The summed E-state index contributed by atoms with van der Waals surface area (Å²) >= 11 is 1.56. The fraction of sp³-hybridized carbons (Fsp3) is 0.368. The molecule has 0 saturated carbocycles. The Balaban J connectivity index is 1.51. The molecule has 0 aromatic heterocycles. The zero-order valence-electron chi connectivity index (χ0n) is 13.5. The Hall–Kier alpha value is -2.01. The van der Waals surface area contributed by atoms with Gasteiger partial charge in [0, 0.05) is 24.4 Å². The molecule has 0 spiro atoms. The van der Waals surface area contributed by atoms with Gasteiger partial charge in [0.25, 0.3) is 0 Å². The first-order valence-electron chi connectivity index (χ1n) is 8.23. The first kappa shape index (κ1) is 16.8. The second-order valence-electron chi connectivity index (χ2n) is 6.22. The first-order valence-corrected chi connectivity index (χ1v) is 9.21. The van der Waals surface area contributed by atoms with Crippen LogP contribution in [0.2, 0.25) is 0 Å². The number of thioether (sulfide) groups is 1. The predicted octanol–water partition coefficient (Wildman–Crippen LogP) is 3.65. The van der Waals surface area contributed by atoms with Gasteiger partial charge in [-0.3, -0.25) is 9.59 Å². The Bertz CT molecular complexity index is 738. The van der Waals surface area contributed by atoms with Crippen molar-refractivity contribution in [2.45, 2.75) is 24.2 Å². The minimum Gasteiger partial charge on any atom is -0.481 e. The molecule has 1 N–H and O–H groups in total. The zero-order valence-corrected chi connectivity index (χ0v) is 14.3. The molecule has 0 atom stereocenters. The summed E-state index contributed by atoms with van der Waals surface area (Å²) in [5.41, 5.74) is 0. The Morgan fingerprint density at radius 1 is 1.08 bits per heavy atom. The highest BCUT2D eigenvalue weighted by molar-refractivity contribution is 8.00. The normalized spacial score (nSPS) is 15.6. The number of likely N-dealkylation sites (tertiary alicyclic amines) is 1. The molecule has 24 heavy (non-hydrogen) atoms. The molecule has 4 nitrogen and oxygen atoms in total. The number of hydrogen-bond donors (Lipinski definition) is 1. The number of amides is 1. The van der Waals surface area contributed by atoms with Gasteiger partial charge in [-0.05, 0) is 41.7 Å². The molecule has 0 bridgehead atoms. The predicted molar refractivity (Wildman–Crippen MR) is 96.2 cm³/mol. The summed E-state index contributed by atoms with van der Waals surface area (Å²) in [4.78, 5) is 26.1. The molecule has 1 saturated heterocycles. The van der Waals surface area contributed by atoms with Crippen LogP contribution >= 0.6 is 11.8 Å². The van der Waals surface area contributed by atoms with E-state index in [2.05, 4.69) is 30.3 Å². The molecule has 2 aromatic carbocycles. The minimum absolute atomic E-state index is 0.141. The standard InChI is InChI=1S/C19H21NO3S/c21-18(20-9-7-14(8-10-20)11-19(22)23)13-24-17-6-5-15-3-1-2-4-16(15)12-17/h1-6,12,14H,7-11,13H2,(H,22,23). The highest BCUT2D eigenvalue weighted by atomic mass is 32.2. The molecule has 0 radical (unpaired) electrons. The molecule has 0 unspecified atom stereocenters. The summed E-state index contributed by atoms with van der Waals surface area (Å²) in [5, 5.41) is 11.2. The number of nitrogens with zero attached hydrogens (tertiary/aromatic N) is 1. The number of rotatable bonds is 5. The Morgan fingerprint density at radius 3 is 2.50 bits per heavy atom. The lowest BCUT2D eigenvalue weighted by Crippen LogP contribution is -2.39. The molecule has 1 fully saturated rings.